The van der Waals surface area contributed by atoms with E-state index in [-0.39, 0.29) is 17.1 Å². The van der Waals surface area contributed by atoms with Gasteiger partial charge in [-0.15, -0.1) is 0 Å². The van der Waals surface area contributed by atoms with Crippen molar-refractivity contribution in [2.75, 3.05) is 18.8 Å². The predicted molar refractivity (Wildman–Crippen MR) is 114 cm³/mol. The van der Waals surface area contributed by atoms with Gasteiger partial charge in [-0.05, 0) is 53.1 Å². The third-order valence-electron chi connectivity index (χ3n) is 6.06. The van der Waals surface area contributed by atoms with E-state index in [2.05, 4.69) is 27.5 Å². The lowest BCUT2D eigenvalue weighted by Crippen LogP contribution is -2.64. The van der Waals surface area contributed by atoms with Gasteiger partial charge in [-0.3, -0.25) is 4.79 Å². The molecule has 1 aromatic carbocycles. The molecule has 7 heteroatoms. The van der Waals surface area contributed by atoms with Crippen LogP contribution in [0.15, 0.2) is 41.4 Å². The molecule has 1 aromatic heterocycles. The number of aromatic hydroxyl groups is 1. The lowest BCUT2D eigenvalue weighted by molar-refractivity contribution is -0.147. The number of phenols is 1. The number of hydrogen-bond donors (Lipinski definition) is 4. The summed E-state index contributed by atoms with van der Waals surface area (Å²) in [5, 5.41) is 10.0. The predicted octanol–water partition coefficient (Wildman–Crippen LogP) is 3.41. The Balaban J connectivity index is 1.61. The molecule has 1 unspecified atom stereocenters. The zero-order valence-electron chi connectivity index (χ0n) is 15.4. The number of nitrogens with two attached hydrogens (primary N) is 2. The molecule has 6 N–H and O–H groups in total. The highest BCUT2D eigenvalue weighted by Crippen LogP contribution is 2.59. The van der Waals surface area contributed by atoms with Gasteiger partial charge in [-0.1, -0.05) is 18.7 Å². The maximum absolute atomic E-state index is 11.8. The fourth-order valence-electron chi connectivity index (χ4n) is 4.39. The van der Waals surface area contributed by atoms with Gasteiger partial charge >= 0.3 is 0 Å². The molecule has 1 saturated carbocycles. The monoisotopic (exact) mass is 442 g/mol. The first-order chi connectivity index (χ1) is 13.4. The van der Waals surface area contributed by atoms with Gasteiger partial charge in [0.05, 0.1) is 0 Å². The quantitative estimate of drug-likeness (QED) is 0.543. The van der Waals surface area contributed by atoms with Crippen LogP contribution in [0.4, 0.5) is 5.82 Å². The Morgan fingerprint density at radius 2 is 2.11 bits per heavy atom. The van der Waals surface area contributed by atoms with Crippen molar-refractivity contribution in [3.05, 3.63) is 58.2 Å². The molecule has 2 aliphatic rings. The molecule has 1 amide bonds. The number of halogens is 1. The number of nitrogens with one attached hydrogen (secondary N) is 1. The zero-order valence-corrected chi connectivity index (χ0v) is 17.0. The highest BCUT2D eigenvalue weighted by molar-refractivity contribution is 9.10. The average molecular weight is 443 g/mol. The molecule has 28 heavy (non-hydrogen) atoms. The van der Waals surface area contributed by atoms with Crippen molar-refractivity contribution in [2.24, 2.45) is 11.1 Å². The first-order valence-electron chi connectivity index (χ1n) is 9.20. The Hall–Kier alpha value is -2.67. The van der Waals surface area contributed by atoms with Gasteiger partial charge in [-0.2, -0.15) is 0 Å². The lowest BCUT2D eigenvalue weighted by Gasteiger charge is -2.60. The van der Waals surface area contributed by atoms with Gasteiger partial charge in [0, 0.05) is 51.4 Å². The van der Waals surface area contributed by atoms with Gasteiger partial charge in [0.15, 0.2) is 0 Å². The maximum atomic E-state index is 11.8. The van der Waals surface area contributed by atoms with Crippen LogP contribution < -0.4 is 11.5 Å². The summed E-state index contributed by atoms with van der Waals surface area (Å²) in [5.41, 5.74) is 15.4. The van der Waals surface area contributed by atoms with E-state index in [9.17, 15) is 9.90 Å². The van der Waals surface area contributed by atoms with Crippen LogP contribution in [0.25, 0.3) is 11.8 Å². The molecule has 0 bridgehead atoms. The highest BCUT2D eigenvalue weighted by Gasteiger charge is 2.56. The summed E-state index contributed by atoms with van der Waals surface area (Å²) in [6, 6.07) is 6.93. The van der Waals surface area contributed by atoms with Crippen LogP contribution in [0.5, 0.6) is 5.75 Å². The molecule has 1 aliphatic carbocycles. The zero-order chi connectivity index (χ0) is 20.1. The summed E-state index contributed by atoms with van der Waals surface area (Å²) in [6.45, 7) is 5.06. The number of nitrogens with zero attached hydrogens (tertiary/aromatic N) is 1. The molecule has 0 radical (unpaired) electrons. The summed E-state index contributed by atoms with van der Waals surface area (Å²) in [7, 11) is 0. The minimum Gasteiger partial charge on any atom is -0.507 e. The number of anilines is 1. The lowest BCUT2D eigenvalue weighted by atomic mass is 9.54. The number of nitrogen functional groups attached to an aromatic ring is 1. The van der Waals surface area contributed by atoms with Crippen LogP contribution in [0.3, 0.4) is 0 Å². The minimum absolute atomic E-state index is 0.0135. The normalized spacial score (nSPS) is 20.5. The third-order valence-corrected chi connectivity index (χ3v) is 6.92. The van der Waals surface area contributed by atoms with Crippen LogP contribution in [0.2, 0.25) is 0 Å². The molecule has 6 nitrogen and oxygen atoms in total. The summed E-state index contributed by atoms with van der Waals surface area (Å²) in [6.07, 6.45) is 5.28. The number of likely N-dealkylation sites (tertiary alicyclic amines) is 1. The van der Waals surface area contributed by atoms with Crippen LogP contribution >= 0.6 is 15.9 Å². The van der Waals surface area contributed by atoms with E-state index in [1.165, 1.54) is 6.08 Å². The second-order valence-electron chi connectivity index (χ2n) is 7.65. The average Bonchev–Trinajstić information content (AvgIpc) is 2.87. The first kappa shape index (κ1) is 18.7. The highest BCUT2D eigenvalue weighted by atomic mass is 79.9. The van der Waals surface area contributed by atoms with Crippen molar-refractivity contribution in [2.45, 2.75) is 18.8 Å². The largest absolute Gasteiger partial charge is 0.507 e. The van der Waals surface area contributed by atoms with Gasteiger partial charge < -0.3 is 26.5 Å². The summed E-state index contributed by atoms with van der Waals surface area (Å²) < 4.78 is 0.890. The van der Waals surface area contributed by atoms with Crippen molar-refractivity contribution in [1.29, 1.82) is 0 Å². The molecule has 1 saturated heterocycles. The summed E-state index contributed by atoms with van der Waals surface area (Å²) in [5.74, 6) is 0.952. The summed E-state index contributed by atoms with van der Waals surface area (Å²) in [4.78, 5) is 16.9. The topological polar surface area (TPSA) is 108 Å². The molecule has 2 fully saturated rings. The third kappa shape index (κ3) is 2.81. The molecule has 4 rings (SSSR count). The van der Waals surface area contributed by atoms with Gasteiger partial charge in [0.2, 0.25) is 5.91 Å². The fraction of sp³-hybridized carbons (Fsp3) is 0.286. The van der Waals surface area contributed by atoms with E-state index in [1.807, 2.05) is 11.0 Å². The smallest absolute Gasteiger partial charge is 0.245 e. The number of carbonyl (C=O) groups is 1. The molecule has 1 spiro atoms. The molecular formula is C21H23BrN4O2. The number of aromatic nitrogens is 1. The maximum Gasteiger partial charge on any atom is 0.245 e. The number of rotatable bonds is 4. The van der Waals surface area contributed by atoms with Crippen LogP contribution in [0.1, 0.15) is 35.6 Å². The van der Waals surface area contributed by atoms with Crippen molar-refractivity contribution < 1.29 is 9.90 Å². The molecule has 146 valence electrons. The van der Waals surface area contributed by atoms with E-state index in [4.69, 9.17) is 11.5 Å². The van der Waals surface area contributed by atoms with Crippen molar-refractivity contribution in [3.8, 4) is 5.75 Å². The second kappa shape index (κ2) is 6.74. The summed E-state index contributed by atoms with van der Waals surface area (Å²) >= 11 is 3.69. The van der Waals surface area contributed by atoms with E-state index >= 15 is 0 Å². The van der Waals surface area contributed by atoms with E-state index in [0.717, 1.165) is 41.7 Å². The van der Waals surface area contributed by atoms with Gasteiger partial charge in [-0.25, -0.2) is 0 Å². The number of H-pyrrole nitrogens is 1. The van der Waals surface area contributed by atoms with E-state index in [0.29, 0.717) is 23.0 Å². The van der Waals surface area contributed by atoms with E-state index < -0.39 is 0 Å². The van der Waals surface area contributed by atoms with Crippen LogP contribution in [-0.4, -0.2) is 34.0 Å². The SMILES string of the molecule is C=CC(=O)N1CC2(CCC2c2[nH]c(N)c(/C=C(\N)c3ccccc3O)c2Br)C1. The number of phenolic OH excluding ortho intramolecular Hbond substituents is 1. The van der Waals surface area contributed by atoms with Crippen molar-refractivity contribution in [1.82, 2.24) is 9.88 Å². The molecular weight excluding hydrogens is 420 g/mol. The molecule has 1 atom stereocenters. The van der Waals surface area contributed by atoms with Crippen molar-refractivity contribution in [3.63, 3.8) is 0 Å². The number of carbonyl (C=O) groups excluding carboxylic acids is 1. The minimum atomic E-state index is -0.0135. The second-order valence-corrected chi connectivity index (χ2v) is 8.44. The number of hydrogen-bond acceptors (Lipinski definition) is 4. The number of amides is 1. The fourth-order valence-corrected chi connectivity index (χ4v) is 5.09. The van der Waals surface area contributed by atoms with Crippen molar-refractivity contribution >= 4 is 39.4 Å². The Bertz CT molecular complexity index is 988. The Morgan fingerprint density at radius 1 is 1.39 bits per heavy atom. The first-order valence-corrected chi connectivity index (χ1v) is 9.99. The number of aromatic amines is 1. The Labute approximate surface area is 172 Å². The molecule has 1 aliphatic heterocycles. The van der Waals surface area contributed by atoms with Gasteiger partial charge in [0.25, 0.3) is 0 Å². The van der Waals surface area contributed by atoms with Crippen LogP contribution in [0, 0.1) is 5.41 Å². The number of para-hydroxylation sites is 1. The molecule has 2 aromatic rings. The Morgan fingerprint density at radius 3 is 2.71 bits per heavy atom. The molecule has 2 heterocycles. The standard InChI is InChI=1S/C21H23BrN4O2/c1-2-17(28)26-10-21(11-26)8-7-14(21)19-18(22)13(20(24)25-19)9-15(23)12-5-3-4-6-16(12)27/h2-6,9,14,25,27H,1,7-8,10-11,23-24H2/b15-9-. The van der Waals surface area contributed by atoms with Gasteiger partial charge in [0.1, 0.15) is 11.6 Å². The van der Waals surface area contributed by atoms with E-state index in [1.54, 1.807) is 24.3 Å². The Kier molecular flexibility index (Phi) is 4.50. The van der Waals surface area contributed by atoms with Crippen LogP contribution in [-0.2, 0) is 4.79 Å². The number of benzene rings is 1.